The summed E-state index contributed by atoms with van der Waals surface area (Å²) in [5.41, 5.74) is 5.65. The predicted molar refractivity (Wildman–Crippen MR) is 144 cm³/mol. The van der Waals surface area contributed by atoms with Gasteiger partial charge in [0.25, 0.3) is 5.91 Å². The van der Waals surface area contributed by atoms with Crippen molar-refractivity contribution < 1.29 is 14.3 Å². The van der Waals surface area contributed by atoms with Gasteiger partial charge in [-0.2, -0.15) is 5.26 Å². The van der Waals surface area contributed by atoms with Crippen LogP contribution in [-0.4, -0.2) is 12.5 Å². The quantitative estimate of drug-likeness (QED) is 0.186. The third-order valence-corrected chi connectivity index (χ3v) is 5.90. The van der Waals surface area contributed by atoms with E-state index in [0.717, 1.165) is 20.3 Å². The molecule has 0 radical (unpaired) electrons. The van der Waals surface area contributed by atoms with Crippen molar-refractivity contribution in [1.82, 2.24) is 0 Å². The minimum Gasteiger partial charge on any atom is -0.490 e. The second kappa shape index (κ2) is 11.7. The Morgan fingerprint density at radius 2 is 1.82 bits per heavy atom. The Balaban J connectivity index is 1.86. The van der Waals surface area contributed by atoms with E-state index in [0.29, 0.717) is 36.0 Å². The molecule has 1 amide bonds. The zero-order valence-corrected chi connectivity index (χ0v) is 21.9. The Morgan fingerprint density at radius 3 is 2.50 bits per heavy atom. The molecule has 0 aromatic heterocycles. The smallest absolute Gasteiger partial charge is 0.266 e. The Hall–Kier alpha value is -3.31. The molecule has 0 aliphatic heterocycles. The highest BCUT2D eigenvalue weighted by atomic mass is 127. The summed E-state index contributed by atoms with van der Waals surface area (Å²) in [5, 5.41) is 12.5. The number of ether oxygens (including phenoxy) is 2. The summed E-state index contributed by atoms with van der Waals surface area (Å²) in [4.78, 5) is 12.8. The van der Waals surface area contributed by atoms with E-state index >= 15 is 0 Å². The van der Waals surface area contributed by atoms with E-state index < -0.39 is 5.91 Å². The standard InChI is InChI=1S/C28H27IN2O3/c1-5-33-26-15-22(14-24(29)27(26)34-17-21-8-6-7-18(2)12-21)13-23(16-30)28(32)31-25-10-9-19(3)11-20(25)4/h6-15H,5,17H2,1-4H3,(H,31,32)/b23-13+. The average Bonchev–Trinajstić information content (AvgIpc) is 2.79. The fourth-order valence-corrected chi connectivity index (χ4v) is 4.27. The van der Waals surface area contributed by atoms with Crippen molar-refractivity contribution in [3.63, 3.8) is 0 Å². The molecular formula is C28H27IN2O3. The molecule has 1 N–H and O–H groups in total. The van der Waals surface area contributed by atoms with Crippen molar-refractivity contribution in [2.45, 2.75) is 34.3 Å². The first-order valence-corrected chi connectivity index (χ1v) is 12.0. The Morgan fingerprint density at radius 1 is 1.06 bits per heavy atom. The van der Waals surface area contributed by atoms with E-state index in [2.05, 4.69) is 34.0 Å². The Bertz CT molecular complexity index is 1280. The highest BCUT2D eigenvalue weighted by Gasteiger charge is 2.15. The predicted octanol–water partition coefficient (Wildman–Crippen LogP) is 6.74. The molecule has 5 nitrogen and oxygen atoms in total. The van der Waals surface area contributed by atoms with Gasteiger partial charge in [-0.05, 0) is 91.3 Å². The molecule has 0 atom stereocenters. The zero-order chi connectivity index (χ0) is 24.7. The number of anilines is 1. The molecule has 0 aliphatic carbocycles. The summed E-state index contributed by atoms with van der Waals surface area (Å²) in [6, 6.07) is 19.6. The fourth-order valence-electron chi connectivity index (χ4n) is 3.49. The molecule has 3 rings (SSSR count). The Labute approximate surface area is 214 Å². The lowest BCUT2D eigenvalue weighted by molar-refractivity contribution is -0.112. The number of rotatable bonds is 8. The summed E-state index contributed by atoms with van der Waals surface area (Å²) in [6.07, 6.45) is 1.56. The second-order valence-electron chi connectivity index (χ2n) is 7.98. The van der Waals surface area contributed by atoms with Gasteiger partial charge in [-0.1, -0.05) is 47.5 Å². The van der Waals surface area contributed by atoms with Gasteiger partial charge >= 0.3 is 0 Å². The van der Waals surface area contributed by atoms with Gasteiger partial charge in [0.15, 0.2) is 11.5 Å². The number of nitrogens with one attached hydrogen (secondary N) is 1. The van der Waals surface area contributed by atoms with Gasteiger partial charge < -0.3 is 14.8 Å². The molecule has 3 aromatic rings. The van der Waals surface area contributed by atoms with Crippen molar-refractivity contribution in [3.8, 4) is 17.6 Å². The van der Waals surface area contributed by atoms with E-state index in [9.17, 15) is 10.1 Å². The number of halogens is 1. The lowest BCUT2D eigenvalue weighted by Gasteiger charge is -2.15. The third kappa shape index (κ3) is 6.61. The van der Waals surface area contributed by atoms with Crippen molar-refractivity contribution in [2.75, 3.05) is 11.9 Å². The first kappa shape index (κ1) is 25.3. The molecular weight excluding hydrogens is 539 g/mol. The maximum absolute atomic E-state index is 12.8. The number of amides is 1. The summed E-state index contributed by atoms with van der Waals surface area (Å²) >= 11 is 2.19. The van der Waals surface area contributed by atoms with Crippen molar-refractivity contribution >= 4 is 40.3 Å². The Kier molecular flexibility index (Phi) is 8.72. The summed E-state index contributed by atoms with van der Waals surface area (Å²) < 4.78 is 12.8. The van der Waals surface area contributed by atoms with Gasteiger partial charge in [0.1, 0.15) is 18.2 Å². The number of carbonyl (C=O) groups is 1. The van der Waals surface area contributed by atoms with Crippen LogP contribution < -0.4 is 14.8 Å². The molecule has 6 heteroatoms. The van der Waals surface area contributed by atoms with Crippen LogP contribution in [-0.2, 0) is 11.4 Å². The van der Waals surface area contributed by atoms with Gasteiger partial charge in [-0.15, -0.1) is 0 Å². The molecule has 34 heavy (non-hydrogen) atoms. The third-order valence-electron chi connectivity index (χ3n) is 5.10. The lowest BCUT2D eigenvalue weighted by atomic mass is 10.1. The molecule has 0 spiro atoms. The monoisotopic (exact) mass is 566 g/mol. The topological polar surface area (TPSA) is 71.3 Å². The number of benzene rings is 3. The summed E-state index contributed by atoms with van der Waals surface area (Å²) in [6.45, 7) is 8.73. The minimum atomic E-state index is -0.456. The molecule has 0 aliphatic rings. The van der Waals surface area contributed by atoms with Gasteiger partial charge in [-0.3, -0.25) is 4.79 Å². The normalized spacial score (nSPS) is 11.0. The molecule has 174 valence electrons. The van der Waals surface area contributed by atoms with Crippen LogP contribution in [0.15, 0.2) is 60.2 Å². The molecule has 3 aromatic carbocycles. The fraction of sp³-hybridized carbons (Fsp3) is 0.214. The zero-order valence-electron chi connectivity index (χ0n) is 19.7. The van der Waals surface area contributed by atoms with Crippen LogP contribution in [0.2, 0.25) is 0 Å². The number of hydrogen-bond acceptors (Lipinski definition) is 4. The number of aryl methyl sites for hydroxylation is 3. The maximum Gasteiger partial charge on any atom is 0.266 e. The molecule has 0 saturated heterocycles. The van der Waals surface area contributed by atoms with Crippen LogP contribution in [0.25, 0.3) is 6.08 Å². The van der Waals surface area contributed by atoms with Crippen LogP contribution >= 0.6 is 22.6 Å². The van der Waals surface area contributed by atoms with Crippen LogP contribution in [0.5, 0.6) is 11.5 Å². The largest absolute Gasteiger partial charge is 0.490 e. The van der Waals surface area contributed by atoms with Gasteiger partial charge in [-0.25, -0.2) is 0 Å². The van der Waals surface area contributed by atoms with E-state index in [4.69, 9.17) is 9.47 Å². The second-order valence-corrected chi connectivity index (χ2v) is 9.15. The van der Waals surface area contributed by atoms with Crippen LogP contribution in [0, 0.1) is 35.7 Å². The highest BCUT2D eigenvalue weighted by Crippen LogP contribution is 2.35. The molecule has 0 fully saturated rings. The van der Waals surface area contributed by atoms with Gasteiger partial charge in [0, 0.05) is 5.69 Å². The van der Waals surface area contributed by atoms with E-state index in [1.54, 1.807) is 12.1 Å². The SMILES string of the molecule is CCOc1cc(/C=C(\C#N)C(=O)Nc2ccc(C)cc2C)cc(I)c1OCc1cccc(C)c1. The minimum absolute atomic E-state index is 0.00616. The number of hydrogen-bond donors (Lipinski definition) is 1. The van der Waals surface area contributed by atoms with Crippen LogP contribution in [0.4, 0.5) is 5.69 Å². The van der Waals surface area contributed by atoms with Gasteiger partial charge in [0.2, 0.25) is 0 Å². The number of nitriles is 1. The summed E-state index contributed by atoms with van der Waals surface area (Å²) in [5.74, 6) is 0.752. The van der Waals surface area contributed by atoms with Crippen molar-refractivity contribution in [2.24, 2.45) is 0 Å². The van der Waals surface area contributed by atoms with E-state index in [1.807, 2.05) is 76.2 Å². The molecule has 0 bridgehead atoms. The van der Waals surface area contributed by atoms with Crippen molar-refractivity contribution in [3.05, 3.63) is 91.6 Å². The first-order valence-electron chi connectivity index (χ1n) is 11.0. The molecule has 0 heterocycles. The van der Waals surface area contributed by atoms with Crippen LogP contribution in [0.1, 0.15) is 34.7 Å². The molecule has 0 unspecified atom stereocenters. The van der Waals surface area contributed by atoms with Crippen LogP contribution in [0.3, 0.4) is 0 Å². The summed E-state index contributed by atoms with van der Waals surface area (Å²) in [7, 11) is 0. The number of carbonyl (C=O) groups excluding carboxylic acids is 1. The van der Waals surface area contributed by atoms with Gasteiger partial charge in [0.05, 0.1) is 10.2 Å². The highest BCUT2D eigenvalue weighted by molar-refractivity contribution is 14.1. The molecule has 0 saturated carbocycles. The maximum atomic E-state index is 12.8. The van der Waals surface area contributed by atoms with E-state index in [1.165, 1.54) is 5.56 Å². The van der Waals surface area contributed by atoms with Crippen molar-refractivity contribution in [1.29, 1.82) is 5.26 Å². The first-order chi connectivity index (χ1) is 16.3. The van der Waals surface area contributed by atoms with E-state index in [-0.39, 0.29) is 5.57 Å². The lowest BCUT2D eigenvalue weighted by Crippen LogP contribution is -2.14. The average molecular weight is 566 g/mol. The number of nitrogens with zero attached hydrogens (tertiary/aromatic N) is 1.